The quantitative estimate of drug-likeness (QED) is 0.203. The van der Waals surface area contributed by atoms with E-state index < -0.39 is 0 Å². The van der Waals surface area contributed by atoms with Gasteiger partial charge in [0.25, 0.3) is 0 Å². The molecule has 0 amide bonds. The number of fused-ring (bicyclic) bond motifs is 9. The van der Waals surface area contributed by atoms with Crippen LogP contribution in [0.5, 0.6) is 0 Å². The second-order valence-corrected chi connectivity index (χ2v) is 12.3. The van der Waals surface area contributed by atoms with E-state index in [1.54, 1.807) is 11.3 Å². The van der Waals surface area contributed by atoms with Crippen LogP contribution in [-0.4, -0.2) is 15.0 Å². The molecule has 0 bridgehead atoms. The Bertz CT molecular complexity index is 2770. The monoisotopic (exact) mass is 595 g/mol. The fourth-order valence-corrected chi connectivity index (χ4v) is 7.61. The van der Waals surface area contributed by atoms with Gasteiger partial charge in [0.05, 0.1) is 0 Å². The van der Waals surface area contributed by atoms with E-state index >= 15 is 0 Å². The van der Waals surface area contributed by atoms with Crippen molar-refractivity contribution in [2.24, 2.45) is 0 Å². The van der Waals surface area contributed by atoms with Crippen LogP contribution in [0.15, 0.2) is 136 Å². The van der Waals surface area contributed by atoms with Crippen LogP contribution in [0.3, 0.4) is 0 Å². The fourth-order valence-electron chi connectivity index (χ4n) is 6.40. The van der Waals surface area contributed by atoms with Gasteiger partial charge in [-0.05, 0) is 48.5 Å². The van der Waals surface area contributed by atoms with Crippen LogP contribution in [-0.2, 0) is 0 Å². The minimum atomic E-state index is 0.609. The van der Waals surface area contributed by atoms with Gasteiger partial charge in [0.15, 0.2) is 17.5 Å². The van der Waals surface area contributed by atoms with Crippen molar-refractivity contribution in [2.75, 3.05) is 0 Å². The number of para-hydroxylation sites is 1. The summed E-state index contributed by atoms with van der Waals surface area (Å²) in [5.74, 6) is 1.89. The molecule has 4 aromatic heterocycles. The van der Waals surface area contributed by atoms with Gasteiger partial charge >= 0.3 is 0 Å². The summed E-state index contributed by atoms with van der Waals surface area (Å²) in [5, 5.41) is 6.55. The summed E-state index contributed by atoms with van der Waals surface area (Å²) in [6.45, 7) is 0. The molecule has 0 aliphatic heterocycles. The molecule has 6 heteroatoms. The van der Waals surface area contributed by atoms with Crippen LogP contribution >= 0.6 is 11.3 Å². The number of benzene rings is 6. The van der Waals surface area contributed by atoms with Crippen molar-refractivity contribution in [2.45, 2.75) is 0 Å². The first-order valence-electron chi connectivity index (χ1n) is 14.8. The van der Waals surface area contributed by atoms with E-state index in [-0.39, 0.29) is 0 Å². The SMILES string of the molecule is c1ccc(-c2nc(-c3ccc4oc5cc6c(cc5c4c3)oc3ccccc36)nc(-c3cccc4c3sc3ccccc34)n2)cc1. The molecule has 0 saturated carbocycles. The lowest BCUT2D eigenvalue weighted by molar-refractivity contribution is 0.664. The van der Waals surface area contributed by atoms with Crippen LogP contribution in [0.2, 0.25) is 0 Å². The number of rotatable bonds is 3. The largest absolute Gasteiger partial charge is 0.456 e. The molecule has 6 aromatic carbocycles. The Morgan fingerprint density at radius 3 is 1.87 bits per heavy atom. The summed E-state index contributed by atoms with van der Waals surface area (Å²) < 4.78 is 15.0. The number of hydrogen-bond donors (Lipinski definition) is 0. The minimum Gasteiger partial charge on any atom is -0.456 e. The molecule has 0 aliphatic carbocycles. The number of hydrogen-bond acceptors (Lipinski definition) is 6. The summed E-state index contributed by atoms with van der Waals surface area (Å²) in [5.41, 5.74) is 6.15. The highest BCUT2D eigenvalue weighted by atomic mass is 32.1. The van der Waals surface area contributed by atoms with Gasteiger partial charge in [0, 0.05) is 58.4 Å². The third kappa shape index (κ3) is 3.76. The number of furan rings is 2. The Morgan fingerprint density at radius 2 is 1.02 bits per heavy atom. The Hall–Kier alpha value is -5.85. The number of nitrogens with zero attached hydrogens (tertiary/aromatic N) is 3. The average Bonchev–Trinajstić information content (AvgIpc) is 3.77. The van der Waals surface area contributed by atoms with E-state index in [4.69, 9.17) is 23.8 Å². The van der Waals surface area contributed by atoms with Gasteiger partial charge in [-0.25, -0.2) is 15.0 Å². The van der Waals surface area contributed by atoms with E-state index in [0.717, 1.165) is 60.6 Å². The average molecular weight is 596 g/mol. The van der Waals surface area contributed by atoms with E-state index in [1.165, 1.54) is 20.2 Å². The van der Waals surface area contributed by atoms with Gasteiger partial charge in [-0.15, -0.1) is 11.3 Å². The zero-order valence-electron chi connectivity index (χ0n) is 23.7. The molecule has 0 saturated heterocycles. The standard InChI is InChI=1S/C39H21N3O2S/c1-2-9-22(10-3-1)37-40-38(42-39(41-37)27-14-8-13-26-25-12-5-7-16-35(25)45-36(26)27)23-17-18-32-28(19-23)30-21-33-29(20-34(30)44-32)24-11-4-6-15-31(24)43-33/h1-21H. The van der Waals surface area contributed by atoms with Gasteiger partial charge in [-0.3, -0.25) is 0 Å². The molecule has 0 unspecified atom stereocenters. The van der Waals surface area contributed by atoms with Crippen molar-refractivity contribution in [1.29, 1.82) is 0 Å². The molecule has 4 heterocycles. The van der Waals surface area contributed by atoms with Crippen LogP contribution in [0.25, 0.3) is 98.2 Å². The summed E-state index contributed by atoms with van der Waals surface area (Å²) in [6, 6.07) is 43.4. The van der Waals surface area contributed by atoms with Crippen LogP contribution in [0.1, 0.15) is 0 Å². The Labute approximate surface area is 260 Å². The van der Waals surface area contributed by atoms with Crippen molar-refractivity contribution < 1.29 is 8.83 Å². The van der Waals surface area contributed by atoms with Crippen molar-refractivity contribution in [3.8, 4) is 34.2 Å². The molecule has 0 aliphatic rings. The first-order valence-corrected chi connectivity index (χ1v) is 15.6. The predicted molar refractivity (Wildman–Crippen MR) is 184 cm³/mol. The molecule has 0 atom stereocenters. The number of thiophene rings is 1. The predicted octanol–water partition coefficient (Wildman–Crippen LogP) is 11.0. The summed E-state index contributed by atoms with van der Waals surface area (Å²) in [6.07, 6.45) is 0. The van der Waals surface area contributed by atoms with Crippen molar-refractivity contribution in [3.63, 3.8) is 0 Å². The Morgan fingerprint density at radius 1 is 0.400 bits per heavy atom. The van der Waals surface area contributed by atoms with Gasteiger partial charge in [0.2, 0.25) is 0 Å². The van der Waals surface area contributed by atoms with Crippen LogP contribution in [0.4, 0.5) is 0 Å². The highest BCUT2D eigenvalue weighted by Crippen LogP contribution is 2.41. The van der Waals surface area contributed by atoms with Gasteiger partial charge in [-0.2, -0.15) is 0 Å². The van der Waals surface area contributed by atoms with Crippen LogP contribution in [0, 0.1) is 0 Å². The normalized spacial score (nSPS) is 12.0. The van der Waals surface area contributed by atoms with E-state index in [1.807, 2.05) is 60.7 Å². The van der Waals surface area contributed by atoms with Crippen LogP contribution < -0.4 is 0 Å². The molecule has 45 heavy (non-hydrogen) atoms. The summed E-state index contributed by atoms with van der Waals surface area (Å²) in [4.78, 5) is 15.1. The van der Waals surface area contributed by atoms with Gasteiger partial charge in [-0.1, -0.05) is 78.9 Å². The summed E-state index contributed by atoms with van der Waals surface area (Å²) in [7, 11) is 0. The molecular weight excluding hydrogens is 575 g/mol. The van der Waals surface area contributed by atoms with Gasteiger partial charge in [0.1, 0.15) is 22.3 Å². The van der Waals surface area contributed by atoms with Crippen molar-refractivity contribution in [1.82, 2.24) is 15.0 Å². The molecular formula is C39H21N3O2S. The minimum absolute atomic E-state index is 0.609. The Balaban J connectivity index is 1.20. The maximum absolute atomic E-state index is 6.34. The lowest BCUT2D eigenvalue weighted by atomic mass is 10.1. The third-order valence-electron chi connectivity index (χ3n) is 8.54. The lowest BCUT2D eigenvalue weighted by Crippen LogP contribution is -2.00. The molecule has 0 fully saturated rings. The first kappa shape index (κ1) is 24.6. The van der Waals surface area contributed by atoms with E-state index in [2.05, 4.69) is 66.7 Å². The molecule has 5 nitrogen and oxygen atoms in total. The summed E-state index contributed by atoms with van der Waals surface area (Å²) >= 11 is 1.77. The lowest BCUT2D eigenvalue weighted by Gasteiger charge is -2.09. The second-order valence-electron chi connectivity index (χ2n) is 11.2. The third-order valence-corrected chi connectivity index (χ3v) is 9.76. The molecule has 210 valence electrons. The first-order chi connectivity index (χ1) is 22.3. The molecule has 0 radical (unpaired) electrons. The highest BCUT2D eigenvalue weighted by molar-refractivity contribution is 7.26. The van der Waals surface area contributed by atoms with E-state index in [0.29, 0.717) is 17.5 Å². The van der Waals surface area contributed by atoms with Crippen molar-refractivity contribution in [3.05, 3.63) is 127 Å². The topological polar surface area (TPSA) is 65.0 Å². The fraction of sp³-hybridized carbons (Fsp3) is 0. The second kappa shape index (κ2) is 9.32. The van der Waals surface area contributed by atoms with Gasteiger partial charge < -0.3 is 8.83 Å². The smallest absolute Gasteiger partial charge is 0.165 e. The molecule has 0 N–H and O–H groups in total. The molecule has 10 rings (SSSR count). The van der Waals surface area contributed by atoms with Crippen molar-refractivity contribution >= 4 is 75.4 Å². The number of aromatic nitrogens is 3. The highest BCUT2D eigenvalue weighted by Gasteiger charge is 2.18. The maximum Gasteiger partial charge on any atom is 0.165 e. The maximum atomic E-state index is 6.34. The zero-order chi connectivity index (χ0) is 29.5. The van der Waals surface area contributed by atoms with E-state index in [9.17, 15) is 0 Å². The molecule has 0 spiro atoms. The molecule has 10 aromatic rings. The zero-order valence-corrected chi connectivity index (χ0v) is 24.5. The Kier molecular flexibility index (Phi) is 5.09.